The summed E-state index contributed by atoms with van der Waals surface area (Å²) in [6, 6.07) is 13.4. The first-order valence-corrected chi connectivity index (χ1v) is 14.2. The molecule has 0 radical (unpaired) electrons. The summed E-state index contributed by atoms with van der Waals surface area (Å²) in [5.74, 6) is -0.501. The van der Waals surface area contributed by atoms with E-state index in [0.717, 1.165) is 22.5 Å². The standard InChI is InChI=1S/C26H36ClN3O5S/c1-6-19(3)28-26(32)22(7-2)29(16-15-20-11-9-8-10-12-20)25(31)18-30(36(5,33)34)23-17-21(27)13-14-24(23)35-4/h8-14,17,19,22H,6-7,15-16,18H2,1-5H3,(H,28,32)/t19-,22+/m1/s1. The number of methoxy groups -OCH3 is 1. The second kappa shape index (κ2) is 13.5. The summed E-state index contributed by atoms with van der Waals surface area (Å²) in [7, 11) is -2.48. The molecular weight excluding hydrogens is 502 g/mol. The molecule has 198 valence electrons. The van der Waals surface area contributed by atoms with Crippen molar-refractivity contribution in [2.45, 2.75) is 52.1 Å². The largest absolute Gasteiger partial charge is 0.495 e. The number of hydrogen-bond donors (Lipinski definition) is 1. The van der Waals surface area contributed by atoms with Crippen molar-refractivity contribution in [3.63, 3.8) is 0 Å². The monoisotopic (exact) mass is 537 g/mol. The van der Waals surface area contributed by atoms with Crippen LogP contribution < -0.4 is 14.4 Å². The molecule has 2 amide bonds. The number of sulfonamides is 1. The minimum atomic E-state index is -3.89. The first kappa shape index (κ1) is 29.5. The third-order valence-electron chi connectivity index (χ3n) is 5.96. The lowest BCUT2D eigenvalue weighted by Gasteiger charge is -2.33. The molecule has 2 aromatic rings. The lowest BCUT2D eigenvalue weighted by molar-refractivity contribution is -0.139. The fraction of sp³-hybridized carbons (Fsp3) is 0.462. The summed E-state index contributed by atoms with van der Waals surface area (Å²) in [5.41, 5.74) is 1.16. The predicted molar refractivity (Wildman–Crippen MR) is 144 cm³/mol. The number of carbonyl (C=O) groups excluding carboxylic acids is 2. The SMILES string of the molecule is CC[C@@H](C)NC(=O)[C@H](CC)N(CCc1ccccc1)C(=O)CN(c1cc(Cl)ccc1OC)S(C)(=O)=O. The van der Waals surface area contributed by atoms with Crippen molar-refractivity contribution in [3.05, 3.63) is 59.1 Å². The zero-order valence-corrected chi connectivity index (χ0v) is 23.1. The van der Waals surface area contributed by atoms with E-state index in [1.807, 2.05) is 51.1 Å². The molecule has 1 N–H and O–H groups in total. The van der Waals surface area contributed by atoms with Gasteiger partial charge in [-0.15, -0.1) is 0 Å². The number of carbonyl (C=O) groups is 2. The van der Waals surface area contributed by atoms with Crippen LogP contribution >= 0.6 is 11.6 Å². The average Bonchev–Trinajstić information content (AvgIpc) is 2.84. The number of halogens is 1. The first-order valence-electron chi connectivity index (χ1n) is 12.0. The van der Waals surface area contributed by atoms with Crippen LogP contribution in [0, 0.1) is 0 Å². The highest BCUT2D eigenvalue weighted by atomic mass is 35.5. The van der Waals surface area contributed by atoms with Crippen LogP contribution in [0.4, 0.5) is 5.69 Å². The van der Waals surface area contributed by atoms with Crippen molar-refractivity contribution in [1.29, 1.82) is 0 Å². The molecule has 36 heavy (non-hydrogen) atoms. The molecule has 0 fully saturated rings. The highest BCUT2D eigenvalue weighted by Crippen LogP contribution is 2.33. The van der Waals surface area contributed by atoms with Gasteiger partial charge in [0, 0.05) is 17.6 Å². The second-order valence-corrected chi connectivity index (χ2v) is 11.0. The fourth-order valence-electron chi connectivity index (χ4n) is 3.79. The average molecular weight is 538 g/mol. The Labute approximate surface area is 219 Å². The maximum Gasteiger partial charge on any atom is 0.244 e. The quantitative estimate of drug-likeness (QED) is 0.418. The Kier molecular flexibility index (Phi) is 11.0. The van der Waals surface area contributed by atoms with Crippen LogP contribution in [0.3, 0.4) is 0 Å². The van der Waals surface area contributed by atoms with Gasteiger partial charge in [-0.1, -0.05) is 55.8 Å². The Balaban J connectivity index is 2.43. The van der Waals surface area contributed by atoms with Crippen LogP contribution in [-0.4, -0.2) is 63.7 Å². The summed E-state index contributed by atoms with van der Waals surface area (Å²) in [6.45, 7) is 5.44. The summed E-state index contributed by atoms with van der Waals surface area (Å²) < 4.78 is 31.9. The molecule has 0 bridgehead atoms. The van der Waals surface area contributed by atoms with E-state index in [2.05, 4.69) is 5.32 Å². The van der Waals surface area contributed by atoms with Crippen molar-refractivity contribution in [2.24, 2.45) is 0 Å². The predicted octanol–water partition coefficient (Wildman–Crippen LogP) is 3.88. The van der Waals surface area contributed by atoms with Crippen LogP contribution in [0.2, 0.25) is 5.02 Å². The molecule has 0 spiro atoms. The minimum Gasteiger partial charge on any atom is -0.495 e. The van der Waals surface area contributed by atoms with Crippen molar-refractivity contribution in [1.82, 2.24) is 10.2 Å². The molecule has 0 saturated carbocycles. The van der Waals surface area contributed by atoms with E-state index in [9.17, 15) is 18.0 Å². The topological polar surface area (TPSA) is 96.0 Å². The number of ether oxygens (including phenoxy) is 1. The van der Waals surface area contributed by atoms with E-state index >= 15 is 0 Å². The molecule has 0 aromatic heterocycles. The smallest absolute Gasteiger partial charge is 0.244 e. The number of nitrogens with zero attached hydrogens (tertiary/aromatic N) is 2. The van der Waals surface area contributed by atoms with Crippen LogP contribution in [0.1, 0.15) is 39.2 Å². The van der Waals surface area contributed by atoms with Crippen LogP contribution in [0.5, 0.6) is 5.75 Å². The molecule has 2 atom stereocenters. The van der Waals surface area contributed by atoms with Gasteiger partial charge in [0.05, 0.1) is 19.1 Å². The van der Waals surface area contributed by atoms with Gasteiger partial charge in [-0.3, -0.25) is 13.9 Å². The van der Waals surface area contributed by atoms with Gasteiger partial charge in [-0.25, -0.2) is 8.42 Å². The molecule has 10 heteroatoms. The molecule has 0 aliphatic heterocycles. The zero-order chi connectivity index (χ0) is 26.9. The molecule has 2 aromatic carbocycles. The van der Waals surface area contributed by atoms with Gasteiger partial charge in [-0.05, 0) is 49.9 Å². The summed E-state index contributed by atoms with van der Waals surface area (Å²) in [6.07, 6.45) is 2.65. The molecule has 0 unspecified atom stereocenters. The van der Waals surface area contributed by atoms with Crippen molar-refractivity contribution >= 4 is 39.1 Å². The lowest BCUT2D eigenvalue weighted by Crippen LogP contribution is -2.54. The lowest BCUT2D eigenvalue weighted by atomic mass is 10.1. The normalized spacial score (nSPS) is 12.9. The number of hydrogen-bond acceptors (Lipinski definition) is 5. The number of amides is 2. The third kappa shape index (κ3) is 8.13. The number of anilines is 1. The molecule has 2 rings (SSSR count). The van der Waals surface area contributed by atoms with Gasteiger partial charge in [-0.2, -0.15) is 0 Å². The van der Waals surface area contributed by atoms with Gasteiger partial charge < -0.3 is 15.0 Å². The van der Waals surface area contributed by atoms with E-state index in [1.54, 1.807) is 12.1 Å². The molecule has 8 nitrogen and oxygen atoms in total. The number of rotatable bonds is 13. The summed E-state index contributed by atoms with van der Waals surface area (Å²) >= 11 is 6.14. The number of benzene rings is 2. The van der Waals surface area contributed by atoms with Crippen LogP contribution in [0.15, 0.2) is 48.5 Å². The fourth-order valence-corrected chi connectivity index (χ4v) is 4.80. The maximum atomic E-state index is 13.7. The van der Waals surface area contributed by atoms with E-state index in [0.29, 0.717) is 17.9 Å². The van der Waals surface area contributed by atoms with Gasteiger partial charge in [0.2, 0.25) is 21.8 Å². The van der Waals surface area contributed by atoms with Gasteiger partial charge in [0.1, 0.15) is 18.3 Å². The third-order valence-corrected chi connectivity index (χ3v) is 7.32. The Bertz CT molecular complexity index is 1130. The molecule has 0 aliphatic rings. The Hall–Kier alpha value is -2.78. The highest BCUT2D eigenvalue weighted by molar-refractivity contribution is 7.92. The highest BCUT2D eigenvalue weighted by Gasteiger charge is 2.32. The van der Waals surface area contributed by atoms with Crippen LogP contribution in [0.25, 0.3) is 0 Å². The summed E-state index contributed by atoms with van der Waals surface area (Å²) in [4.78, 5) is 28.3. The van der Waals surface area contributed by atoms with Crippen molar-refractivity contribution < 1.29 is 22.7 Å². The number of nitrogens with one attached hydrogen (secondary N) is 1. The Morgan fingerprint density at radius 1 is 1.08 bits per heavy atom. The molecule has 0 aliphatic carbocycles. The van der Waals surface area contributed by atoms with Gasteiger partial charge >= 0.3 is 0 Å². The zero-order valence-electron chi connectivity index (χ0n) is 21.5. The Morgan fingerprint density at radius 3 is 2.31 bits per heavy atom. The molecular formula is C26H36ClN3O5S. The minimum absolute atomic E-state index is 0.0548. The van der Waals surface area contributed by atoms with Crippen molar-refractivity contribution in [3.8, 4) is 5.75 Å². The van der Waals surface area contributed by atoms with E-state index in [1.165, 1.54) is 18.1 Å². The van der Waals surface area contributed by atoms with E-state index in [-0.39, 0.29) is 29.9 Å². The van der Waals surface area contributed by atoms with Gasteiger partial charge in [0.25, 0.3) is 0 Å². The second-order valence-electron chi connectivity index (χ2n) is 8.65. The van der Waals surface area contributed by atoms with E-state index < -0.39 is 28.5 Å². The maximum absolute atomic E-state index is 13.7. The Morgan fingerprint density at radius 2 is 1.75 bits per heavy atom. The van der Waals surface area contributed by atoms with Gasteiger partial charge in [0.15, 0.2) is 0 Å². The summed E-state index contributed by atoms with van der Waals surface area (Å²) in [5, 5.41) is 3.25. The van der Waals surface area contributed by atoms with Crippen LogP contribution in [-0.2, 0) is 26.0 Å². The molecule has 0 saturated heterocycles. The van der Waals surface area contributed by atoms with E-state index in [4.69, 9.17) is 16.3 Å². The van der Waals surface area contributed by atoms with Crippen molar-refractivity contribution in [2.75, 3.05) is 30.8 Å². The molecule has 0 heterocycles. The first-order chi connectivity index (χ1) is 17.0.